The molecular weight excluding hydrogens is 256 g/mol. The van der Waals surface area contributed by atoms with E-state index in [2.05, 4.69) is 54.0 Å². The topological polar surface area (TPSA) is 0 Å². The monoisotopic (exact) mass is 270 g/mol. The minimum absolute atomic E-state index is 0.672. The van der Waals surface area contributed by atoms with Gasteiger partial charge in [-0.05, 0) is 30.0 Å². The van der Waals surface area contributed by atoms with Gasteiger partial charge in [-0.25, -0.2) is 0 Å². The molecule has 1 aromatic rings. The lowest BCUT2D eigenvalue weighted by molar-refractivity contribution is 1.10. The molecule has 76 valence electrons. The molecule has 1 saturated carbocycles. The Hall–Kier alpha value is 0.0500. The van der Waals surface area contributed by atoms with Crippen LogP contribution < -0.4 is 0 Å². The van der Waals surface area contributed by atoms with E-state index in [4.69, 9.17) is 0 Å². The highest BCUT2D eigenvalue weighted by Gasteiger charge is 2.35. The van der Waals surface area contributed by atoms with Crippen molar-refractivity contribution in [3.63, 3.8) is 0 Å². The van der Waals surface area contributed by atoms with Crippen LogP contribution in [0.25, 0.3) is 0 Å². The minimum atomic E-state index is 0.672. The summed E-state index contributed by atoms with van der Waals surface area (Å²) in [6.45, 7) is 4.46. The fraction of sp³-hybridized carbons (Fsp3) is 0.500. The van der Waals surface area contributed by atoms with E-state index in [1.165, 1.54) is 16.9 Å². The summed E-state index contributed by atoms with van der Waals surface area (Å²) in [6.07, 6.45) is 1.30. The van der Waals surface area contributed by atoms with E-state index in [0.29, 0.717) is 5.25 Å². The molecule has 1 aromatic carbocycles. The fourth-order valence-electron chi connectivity index (χ4n) is 1.57. The van der Waals surface area contributed by atoms with Crippen LogP contribution in [0.4, 0.5) is 0 Å². The second-order valence-corrected chi connectivity index (χ2v) is 6.92. The second kappa shape index (κ2) is 4.28. The Morgan fingerprint density at radius 1 is 1.29 bits per heavy atom. The Balaban J connectivity index is 2.03. The van der Waals surface area contributed by atoms with Gasteiger partial charge in [-0.1, -0.05) is 41.9 Å². The van der Waals surface area contributed by atoms with Crippen LogP contribution in [0.2, 0.25) is 0 Å². The zero-order chi connectivity index (χ0) is 10.1. The average molecular weight is 271 g/mol. The number of hydrogen-bond donors (Lipinski definition) is 0. The smallest absolute Gasteiger partial charge is 0.0221 e. The molecule has 1 aliphatic carbocycles. The summed E-state index contributed by atoms with van der Waals surface area (Å²) in [6, 6.07) is 9.05. The lowest BCUT2D eigenvalue weighted by atomic mass is 10.1. The zero-order valence-corrected chi connectivity index (χ0v) is 10.9. The van der Waals surface area contributed by atoms with Crippen molar-refractivity contribution in [2.75, 3.05) is 0 Å². The summed E-state index contributed by atoms with van der Waals surface area (Å²) < 4.78 is 0. The van der Waals surface area contributed by atoms with Crippen LogP contribution in [0.1, 0.15) is 31.7 Å². The SMILES string of the molecule is CC(C)Sc1ccc([C@@H]2C[C@H]2Br)cc1. The number of alkyl halides is 1. The molecule has 14 heavy (non-hydrogen) atoms. The van der Waals surface area contributed by atoms with Gasteiger partial charge in [0.2, 0.25) is 0 Å². The van der Waals surface area contributed by atoms with E-state index in [1.807, 2.05) is 11.8 Å². The van der Waals surface area contributed by atoms with Crippen LogP contribution in [-0.2, 0) is 0 Å². The van der Waals surface area contributed by atoms with E-state index in [0.717, 1.165) is 10.7 Å². The van der Waals surface area contributed by atoms with Crippen LogP contribution in [-0.4, -0.2) is 10.1 Å². The Bertz CT molecular complexity index is 305. The zero-order valence-electron chi connectivity index (χ0n) is 8.53. The average Bonchev–Trinajstić information content (AvgIpc) is 2.83. The Morgan fingerprint density at radius 2 is 1.86 bits per heavy atom. The normalized spacial score (nSPS) is 25.4. The first-order valence-electron chi connectivity index (χ1n) is 5.07. The molecule has 2 heteroatoms. The molecule has 0 heterocycles. The highest BCUT2D eigenvalue weighted by atomic mass is 79.9. The van der Waals surface area contributed by atoms with E-state index < -0.39 is 0 Å². The number of halogens is 1. The summed E-state index contributed by atoms with van der Waals surface area (Å²) in [7, 11) is 0. The molecule has 0 spiro atoms. The summed E-state index contributed by atoms with van der Waals surface area (Å²) in [5.41, 5.74) is 1.49. The lowest BCUT2D eigenvalue weighted by Crippen LogP contribution is -1.86. The van der Waals surface area contributed by atoms with Gasteiger partial charge in [-0.3, -0.25) is 0 Å². The lowest BCUT2D eigenvalue weighted by Gasteiger charge is -2.05. The van der Waals surface area contributed by atoms with Crippen molar-refractivity contribution in [1.82, 2.24) is 0 Å². The molecule has 0 aromatic heterocycles. The molecule has 1 aliphatic rings. The van der Waals surface area contributed by atoms with Crippen LogP contribution in [0, 0.1) is 0 Å². The van der Waals surface area contributed by atoms with Crippen molar-refractivity contribution >= 4 is 27.7 Å². The molecule has 2 atom stereocenters. The van der Waals surface area contributed by atoms with Crippen molar-refractivity contribution in [3.8, 4) is 0 Å². The molecular formula is C12H15BrS. The van der Waals surface area contributed by atoms with E-state index in [-0.39, 0.29) is 0 Å². The Morgan fingerprint density at radius 3 is 2.29 bits per heavy atom. The standard InChI is InChI=1S/C12H15BrS/c1-8(2)14-10-5-3-9(4-6-10)11-7-12(11)13/h3-6,8,11-12H,7H2,1-2H3/t11-,12+/m0/s1. The quantitative estimate of drug-likeness (QED) is 0.578. The number of benzene rings is 1. The molecule has 0 saturated heterocycles. The van der Waals surface area contributed by atoms with Crippen molar-refractivity contribution in [3.05, 3.63) is 29.8 Å². The molecule has 2 rings (SSSR count). The molecule has 0 unspecified atom stereocenters. The third kappa shape index (κ3) is 2.54. The summed E-state index contributed by atoms with van der Waals surface area (Å²) in [5, 5.41) is 0.672. The molecule has 0 aliphatic heterocycles. The molecule has 0 radical (unpaired) electrons. The van der Waals surface area contributed by atoms with Gasteiger partial charge in [0, 0.05) is 15.0 Å². The van der Waals surface area contributed by atoms with E-state index >= 15 is 0 Å². The first kappa shape index (κ1) is 10.6. The van der Waals surface area contributed by atoms with Crippen LogP contribution in [0.3, 0.4) is 0 Å². The molecule has 0 N–H and O–H groups in total. The summed E-state index contributed by atoms with van der Waals surface area (Å²) in [4.78, 5) is 2.11. The third-order valence-electron chi connectivity index (χ3n) is 2.39. The van der Waals surface area contributed by atoms with Crippen LogP contribution in [0.5, 0.6) is 0 Å². The highest BCUT2D eigenvalue weighted by molar-refractivity contribution is 9.09. The van der Waals surface area contributed by atoms with Gasteiger partial charge >= 0.3 is 0 Å². The predicted octanol–water partition coefficient (Wildman–Crippen LogP) is 4.44. The third-order valence-corrected chi connectivity index (χ3v) is 4.42. The van der Waals surface area contributed by atoms with E-state index in [9.17, 15) is 0 Å². The van der Waals surface area contributed by atoms with Gasteiger partial charge in [0.05, 0.1) is 0 Å². The van der Waals surface area contributed by atoms with Gasteiger partial charge in [0.25, 0.3) is 0 Å². The first-order valence-corrected chi connectivity index (χ1v) is 6.87. The Labute approximate surface area is 98.6 Å². The Kier molecular flexibility index (Phi) is 3.23. The van der Waals surface area contributed by atoms with Gasteiger partial charge in [0.1, 0.15) is 0 Å². The van der Waals surface area contributed by atoms with Crippen molar-refractivity contribution < 1.29 is 0 Å². The minimum Gasteiger partial charge on any atom is -0.123 e. The largest absolute Gasteiger partial charge is 0.123 e. The maximum atomic E-state index is 3.64. The maximum absolute atomic E-state index is 3.64. The first-order chi connectivity index (χ1) is 6.66. The second-order valence-electron chi connectivity index (χ2n) is 4.09. The summed E-state index contributed by atoms with van der Waals surface area (Å²) in [5.74, 6) is 0.771. The van der Waals surface area contributed by atoms with E-state index in [1.54, 1.807) is 0 Å². The van der Waals surface area contributed by atoms with Crippen molar-refractivity contribution in [1.29, 1.82) is 0 Å². The van der Waals surface area contributed by atoms with Crippen molar-refractivity contribution in [2.45, 2.75) is 41.2 Å². The van der Waals surface area contributed by atoms with Gasteiger partial charge < -0.3 is 0 Å². The molecule has 0 bridgehead atoms. The molecule has 1 fully saturated rings. The summed E-state index contributed by atoms with van der Waals surface area (Å²) >= 11 is 5.57. The number of rotatable bonds is 3. The van der Waals surface area contributed by atoms with Gasteiger partial charge in [-0.2, -0.15) is 0 Å². The maximum Gasteiger partial charge on any atom is 0.0221 e. The number of hydrogen-bond acceptors (Lipinski definition) is 1. The van der Waals surface area contributed by atoms with Gasteiger partial charge in [-0.15, -0.1) is 11.8 Å². The number of thioether (sulfide) groups is 1. The molecule has 0 amide bonds. The molecule has 0 nitrogen and oxygen atoms in total. The van der Waals surface area contributed by atoms with Crippen LogP contribution >= 0.6 is 27.7 Å². The highest BCUT2D eigenvalue weighted by Crippen LogP contribution is 2.46. The van der Waals surface area contributed by atoms with Gasteiger partial charge in [0.15, 0.2) is 0 Å². The van der Waals surface area contributed by atoms with Crippen LogP contribution in [0.15, 0.2) is 29.2 Å². The van der Waals surface area contributed by atoms with Crippen molar-refractivity contribution in [2.24, 2.45) is 0 Å². The fourth-order valence-corrected chi connectivity index (χ4v) is 3.12. The predicted molar refractivity (Wildman–Crippen MR) is 67.5 cm³/mol.